The van der Waals surface area contributed by atoms with Crippen LogP contribution in [0.25, 0.3) is 0 Å². The van der Waals surface area contributed by atoms with E-state index in [1.165, 1.54) is 6.20 Å². The molecule has 0 bridgehead atoms. The van der Waals surface area contributed by atoms with Crippen LogP contribution in [-0.4, -0.2) is 32.4 Å². The van der Waals surface area contributed by atoms with Crippen LogP contribution in [0, 0.1) is 13.8 Å². The third-order valence-electron chi connectivity index (χ3n) is 2.43. The summed E-state index contributed by atoms with van der Waals surface area (Å²) in [7, 11) is 0. The average molecular weight is 272 g/mol. The van der Waals surface area contributed by atoms with Crippen LogP contribution < -0.4 is 10.6 Å². The quantitative estimate of drug-likeness (QED) is 0.877. The summed E-state index contributed by atoms with van der Waals surface area (Å²) in [6.07, 6.45) is 2.96. The van der Waals surface area contributed by atoms with Crippen LogP contribution in [0.2, 0.25) is 0 Å². The van der Waals surface area contributed by atoms with E-state index in [1.807, 2.05) is 26.8 Å². The number of carbonyl (C=O) groups excluding carboxylic acids is 1. The molecule has 0 radical (unpaired) electrons. The van der Waals surface area contributed by atoms with Gasteiger partial charge in [-0.1, -0.05) is 0 Å². The molecule has 0 aliphatic heterocycles. The van der Waals surface area contributed by atoms with Crippen molar-refractivity contribution in [3.8, 4) is 0 Å². The molecule has 0 unspecified atom stereocenters. The molecule has 0 atom stereocenters. The van der Waals surface area contributed by atoms with Crippen molar-refractivity contribution in [2.24, 2.45) is 0 Å². The van der Waals surface area contributed by atoms with Crippen molar-refractivity contribution < 1.29 is 4.79 Å². The lowest BCUT2D eigenvalue weighted by Gasteiger charge is -2.06. The van der Waals surface area contributed by atoms with Gasteiger partial charge in [0.2, 0.25) is 5.95 Å². The summed E-state index contributed by atoms with van der Waals surface area (Å²) in [6.45, 7) is 6.34. The van der Waals surface area contributed by atoms with Crippen LogP contribution in [0.1, 0.15) is 28.8 Å². The zero-order valence-electron chi connectivity index (χ0n) is 11.6. The van der Waals surface area contributed by atoms with Crippen LogP contribution in [0.15, 0.2) is 18.5 Å². The summed E-state index contributed by atoms with van der Waals surface area (Å²) in [5.74, 6) is 0.437. The summed E-state index contributed by atoms with van der Waals surface area (Å²) in [4.78, 5) is 28.5. The van der Waals surface area contributed by atoms with E-state index >= 15 is 0 Å². The normalized spacial score (nSPS) is 10.2. The van der Waals surface area contributed by atoms with Gasteiger partial charge in [0.15, 0.2) is 0 Å². The number of nitrogens with one attached hydrogen (secondary N) is 2. The largest absolute Gasteiger partial charge is 0.369 e. The van der Waals surface area contributed by atoms with Gasteiger partial charge in [0.05, 0.1) is 12.4 Å². The van der Waals surface area contributed by atoms with E-state index in [4.69, 9.17) is 0 Å². The number of carbonyl (C=O) groups is 1. The van der Waals surface area contributed by atoms with Crippen molar-refractivity contribution >= 4 is 17.7 Å². The molecule has 1 amide bonds. The molecule has 0 aromatic carbocycles. The van der Waals surface area contributed by atoms with Crippen LogP contribution in [0.4, 0.5) is 11.8 Å². The number of aryl methyl sites for hydroxylation is 2. The highest BCUT2D eigenvalue weighted by molar-refractivity contribution is 6.01. The fourth-order valence-electron chi connectivity index (χ4n) is 1.69. The van der Waals surface area contributed by atoms with E-state index in [9.17, 15) is 4.79 Å². The summed E-state index contributed by atoms with van der Waals surface area (Å²) in [5, 5.41) is 5.62. The Labute approximate surface area is 116 Å². The van der Waals surface area contributed by atoms with Gasteiger partial charge in [0.25, 0.3) is 5.91 Å². The van der Waals surface area contributed by atoms with Gasteiger partial charge in [-0.2, -0.15) is 0 Å². The van der Waals surface area contributed by atoms with Gasteiger partial charge in [-0.15, -0.1) is 0 Å². The summed E-state index contributed by atoms with van der Waals surface area (Å²) < 4.78 is 0. The molecular formula is C13H16N6O. The van der Waals surface area contributed by atoms with Crippen molar-refractivity contribution in [3.63, 3.8) is 0 Å². The van der Waals surface area contributed by atoms with Gasteiger partial charge in [-0.05, 0) is 26.8 Å². The molecule has 0 spiro atoms. The van der Waals surface area contributed by atoms with Crippen molar-refractivity contribution in [3.05, 3.63) is 35.5 Å². The highest BCUT2D eigenvalue weighted by Crippen LogP contribution is 2.07. The van der Waals surface area contributed by atoms with Crippen molar-refractivity contribution in [1.82, 2.24) is 19.9 Å². The van der Waals surface area contributed by atoms with E-state index in [0.717, 1.165) is 11.4 Å². The Bertz CT molecular complexity index is 608. The number of hydrogen-bond acceptors (Lipinski definition) is 6. The summed E-state index contributed by atoms with van der Waals surface area (Å²) >= 11 is 0. The molecule has 0 aliphatic rings. The van der Waals surface area contributed by atoms with Gasteiger partial charge in [-0.25, -0.2) is 15.0 Å². The fourth-order valence-corrected chi connectivity index (χ4v) is 1.69. The Hall–Kier alpha value is -2.57. The first-order valence-corrected chi connectivity index (χ1v) is 6.28. The summed E-state index contributed by atoms with van der Waals surface area (Å²) in [6, 6.07) is 1.83. The Morgan fingerprint density at radius 3 is 2.50 bits per heavy atom. The molecule has 2 rings (SSSR count). The highest BCUT2D eigenvalue weighted by Gasteiger charge is 2.11. The van der Waals surface area contributed by atoms with Gasteiger partial charge in [0.1, 0.15) is 11.5 Å². The van der Waals surface area contributed by atoms with Gasteiger partial charge >= 0.3 is 0 Å². The third kappa shape index (κ3) is 3.47. The van der Waals surface area contributed by atoms with E-state index in [0.29, 0.717) is 12.4 Å². The standard InChI is InChI=1S/C13H16N6O/c1-4-15-11-7-14-6-10(18-11)12(20)19-13-16-8(2)5-9(3)17-13/h5-7H,4H2,1-3H3,(H,15,18)(H,16,17,19,20). The highest BCUT2D eigenvalue weighted by atomic mass is 16.2. The van der Waals surface area contributed by atoms with E-state index < -0.39 is 0 Å². The van der Waals surface area contributed by atoms with Crippen LogP contribution >= 0.6 is 0 Å². The summed E-state index contributed by atoms with van der Waals surface area (Å²) in [5.41, 5.74) is 1.80. The number of anilines is 2. The number of amides is 1. The molecule has 2 heterocycles. The SMILES string of the molecule is CCNc1cncc(C(=O)Nc2nc(C)cc(C)n2)n1. The maximum atomic E-state index is 12.1. The van der Waals surface area contributed by atoms with E-state index in [2.05, 4.69) is 30.6 Å². The molecule has 7 nitrogen and oxygen atoms in total. The molecule has 0 saturated carbocycles. The van der Waals surface area contributed by atoms with E-state index in [-0.39, 0.29) is 17.5 Å². The second-order valence-corrected chi connectivity index (χ2v) is 4.25. The average Bonchev–Trinajstić information content (AvgIpc) is 2.38. The fraction of sp³-hybridized carbons (Fsp3) is 0.308. The molecule has 7 heteroatoms. The second kappa shape index (κ2) is 6.05. The molecule has 2 aromatic rings. The van der Waals surface area contributed by atoms with Gasteiger partial charge < -0.3 is 5.32 Å². The Morgan fingerprint density at radius 1 is 1.15 bits per heavy atom. The Morgan fingerprint density at radius 2 is 1.85 bits per heavy atom. The monoisotopic (exact) mass is 272 g/mol. The van der Waals surface area contributed by atoms with Crippen molar-refractivity contribution in [1.29, 1.82) is 0 Å². The molecule has 104 valence electrons. The second-order valence-electron chi connectivity index (χ2n) is 4.25. The molecule has 0 fully saturated rings. The molecule has 0 saturated heterocycles. The number of rotatable bonds is 4. The lowest BCUT2D eigenvalue weighted by molar-refractivity contribution is 0.102. The minimum absolute atomic E-state index is 0.214. The first-order chi connectivity index (χ1) is 9.58. The van der Waals surface area contributed by atoms with Crippen LogP contribution in [0.5, 0.6) is 0 Å². The lowest BCUT2D eigenvalue weighted by atomic mass is 10.3. The van der Waals surface area contributed by atoms with E-state index in [1.54, 1.807) is 6.20 Å². The maximum Gasteiger partial charge on any atom is 0.278 e. The predicted molar refractivity (Wildman–Crippen MR) is 75.7 cm³/mol. The lowest BCUT2D eigenvalue weighted by Crippen LogP contribution is -2.17. The molecule has 2 aromatic heterocycles. The van der Waals surface area contributed by atoms with Crippen molar-refractivity contribution in [2.75, 3.05) is 17.2 Å². The smallest absolute Gasteiger partial charge is 0.278 e. The molecule has 0 aliphatic carbocycles. The van der Waals surface area contributed by atoms with Gasteiger partial charge in [-0.3, -0.25) is 15.1 Å². The number of aromatic nitrogens is 4. The molecule has 20 heavy (non-hydrogen) atoms. The van der Waals surface area contributed by atoms with Crippen LogP contribution in [-0.2, 0) is 0 Å². The Balaban J connectivity index is 2.17. The first kappa shape index (κ1) is 13.9. The topological polar surface area (TPSA) is 92.7 Å². The third-order valence-corrected chi connectivity index (χ3v) is 2.43. The van der Waals surface area contributed by atoms with Crippen LogP contribution in [0.3, 0.4) is 0 Å². The minimum atomic E-state index is -0.387. The maximum absolute atomic E-state index is 12.1. The van der Waals surface area contributed by atoms with Gasteiger partial charge in [0, 0.05) is 17.9 Å². The number of hydrogen-bond donors (Lipinski definition) is 2. The zero-order chi connectivity index (χ0) is 14.5. The molecule has 2 N–H and O–H groups in total. The van der Waals surface area contributed by atoms with Crippen molar-refractivity contribution in [2.45, 2.75) is 20.8 Å². The minimum Gasteiger partial charge on any atom is -0.369 e. The molecular weight excluding hydrogens is 256 g/mol. The first-order valence-electron chi connectivity index (χ1n) is 6.28. The number of nitrogens with zero attached hydrogens (tertiary/aromatic N) is 4. The zero-order valence-corrected chi connectivity index (χ0v) is 11.6. The predicted octanol–water partition coefficient (Wildman–Crippen LogP) is 1.57. The Kier molecular flexibility index (Phi) is 4.19.